The standard InChI is InChI=1S/C16H13NO4/c18-15-8-12-7-13(5-6-14(12)17-15)21-9-10-1-3-11(4-2-10)16(19)20/h1-7H,8-9H2,(H,17,18)(H,19,20). The summed E-state index contributed by atoms with van der Waals surface area (Å²) in [5.74, 6) is -0.266. The first-order valence-electron chi connectivity index (χ1n) is 6.49. The largest absolute Gasteiger partial charge is 0.489 e. The molecule has 2 aromatic rings. The summed E-state index contributed by atoms with van der Waals surface area (Å²) in [6.07, 6.45) is 0.375. The summed E-state index contributed by atoms with van der Waals surface area (Å²) in [7, 11) is 0. The average Bonchev–Trinajstić information content (AvgIpc) is 2.84. The van der Waals surface area contributed by atoms with E-state index >= 15 is 0 Å². The van der Waals surface area contributed by atoms with E-state index in [1.165, 1.54) is 0 Å². The van der Waals surface area contributed by atoms with Crippen LogP contribution < -0.4 is 10.1 Å². The minimum atomic E-state index is -0.946. The van der Waals surface area contributed by atoms with Gasteiger partial charge in [-0.05, 0) is 41.5 Å². The minimum Gasteiger partial charge on any atom is -0.489 e. The van der Waals surface area contributed by atoms with Crippen LogP contribution in [0.15, 0.2) is 42.5 Å². The van der Waals surface area contributed by atoms with Crippen molar-refractivity contribution in [1.82, 2.24) is 0 Å². The van der Waals surface area contributed by atoms with Crippen molar-refractivity contribution >= 4 is 17.6 Å². The van der Waals surface area contributed by atoms with Crippen LogP contribution in [0.4, 0.5) is 5.69 Å². The van der Waals surface area contributed by atoms with Gasteiger partial charge in [-0.2, -0.15) is 0 Å². The van der Waals surface area contributed by atoms with Crippen LogP contribution in [0.25, 0.3) is 0 Å². The van der Waals surface area contributed by atoms with Crippen molar-refractivity contribution in [2.24, 2.45) is 0 Å². The SMILES string of the molecule is O=C1Cc2cc(OCc3ccc(C(=O)O)cc3)ccc2N1. The highest BCUT2D eigenvalue weighted by Crippen LogP contribution is 2.27. The molecule has 0 radical (unpaired) electrons. The van der Waals surface area contributed by atoms with E-state index in [9.17, 15) is 9.59 Å². The first-order valence-corrected chi connectivity index (χ1v) is 6.49. The third-order valence-corrected chi connectivity index (χ3v) is 3.31. The Balaban J connectivity index is 1.66. The van der Waals surface area contributed by atoms with E-state index in [2.05, 4.69) is 5.32 Å². The Morgan fingerprint density at radius 1 is 1.19 bits per heavy atom. The van der Waals surface area contributed by atoms with Gasteiger partial charge in [0, 0.05) is 5.69 Å². The Labute approximate surface area is 121 Å². The van der Waals surface area contributed by atoms with Gasteiger partial charge in [0.1, 0.15) is 12.4 Å². The van der Waals surface area contributed by atoms with Crippen molar-refractivity contribution in [2.45, 2.75) is 13.0 Å². The number of benzene rings is 2. The molecule has 0 aliphatic carbocycles. The topological polar surface area (TPSA) is 75.6 Å². The fourth-order valence-electron chi connectivity index (χ4n) is 2.21. The first kappa shape index (κ1) is 13.2. The van der Waals surface area contributed by atoms with Gasteiger partial charge in [0.15, 0.2) is 0 Å². The molecular weight excluding hydrogens is 270 g/mol. The van der Waals surface area contributed by atoms with Crippen LogP contribution in [0, 0.1) is 0 Å². The second kappa shape index (κ2) is 5.28. The van der Waals surface area contributed by atoms with Gasteiger partial charge in [-0.25, -0.2) is 4.79 Å². The molecule has 0 saturated carbocycles. The second-order valence-corrected chi connectivity index (χ2v) is 4.83. The third-order valence-electron chi connectivity index (χ3n) is 3.31. The summed E-state index contributed by atoms with van der Waals surface area (Å²) >= 11 is 0. The second-order valence-electron chi connectivity index (χ2n) is 4.83. The number of amides is 1. The van der Waals surface area contributed by atoms with Crippen LogP contribution in [-0.2, 0) is 17.8 Å². The number of nitrogens with one attached hydrogen (secondary N) is 1. The maximum absolute atomic E-state index is 11.3. The fourth-order valence-corrected chi connectivity index (χ4v) is 2.21. The molecule has 1 aliphatic heterocycles. The Morgan fingerprint density at radius 2 is 1.95 bits per heavy atom. The number of aromatic carboxylic acids is 1. The van der Waals surface area contributed by atoms with Crippen molar-refractivity contribution < 1.29 is 19.4 Å². The van der Waals surface area contributed by atoms with E-state index < -0.39 is 5.97 Å². The number of ether oxygens (including phenoxy) is 1. The van der Waals surface area contributed by atoms with Gasteiger partial charge in [-0.1, -0.05) is 12.1 Å². The normalized spacial score (nSPS) is 12.7. The summed E-state index contributed by atoms with van der Waals surface area (Å²) in [5.41, 5.74) is 2.90. The minimum absolute atomic E-state index is 0.00795. The molecule has 0 aromatic heterocycles. The molecule has 0 saturated heterocycles. The van der Waals surface area contributed by atoms with Crippen LogP contribution in [0.3, 0.4) is 0 Å². The molecule has 3 rings (SSSR count). The molecule has 5 nitrogen and oxygen atoms in total. The maximum atomic E-state index is 11.3. The highest BCUT2D eigenvalue weighted by Gasteiger charge is 2.17. The fraction of sp³-hybridized carbons (Fsp3) is 0.125. The lowest BCUT2D eigenvalue weighted by atomic mass is 10.1. The Morgan fingerprint density at radius 3 is 2.67 bits per heavy atom. The molecule has 0 bridgehead atoms. The summed E-state index contributed by atoms with van der Waals surface area (Å²) in [5, 5.41) is 11.6. The van der Waals surface area contributed by atoms with E-state index in [0.717, 1.165) is 16.8 Å². The molecule has 106 valence electrons. The summed E-state index contributed by atoms with van der Waals surface area (Å²) in [6, 6.07) is 12.0. The molecule has 2 aromatic carbocycles. The summed E-state index contributed by atoms with van der Waals surface area (Å²) in [4.78, 5) is 22.0. The van der Waals surface area contributed by atoms with Crippen LogP contribution in [0.2, 0.25) is 0 Å². The highest BCUT2D eigenvalue weighted by molar-refractivity contribution is 5.99. The molecular formula is C16H13NO4. The zero-order valence-corrected chi connectivity index (χ0v) is 11.1. The van der Waals surface area contributed by atoms with E-state index in [-0.39, 0.29) is 11.5 Å². The van der Waals surface area contributed by atoms with Crippen molar-refractivity contribution in [2.75, 3.05) is 5.32 Å². The van der Waals surface area contributed by atoms with Gasteiger partial charge in [0.2, 0.25) is 5.91 Å². The number of carbonyl (C=O) groups is 2. The van der Waals surface area contributed by atoms with E-state index in [4.69, 9.17) is 9.84 Å². The number of carboxylic acids is 1. The van der Waals surface area contributed by atoms with Gasteiger partial charge in [0.05, 0.1) is 12.0 Å². The Hall–Kier alpha value is -2.82. The van der Waals surface area contributed by atoms with Crippen molar-refractivity contribution in [3.8, 4) is 5.75 Å². The maximum Gasteiger partial charge on any atom is 0.335 e. The van der Waals surface area contributed by atoms with Crippen molar-refractivity contribution in [3.63, 3.8) is 0 Å². The lowest BCUT2D eigenvalue weighted by molar-refractivity contribution is -0.115. The molecule has 0 atom stereocenters. The zero-order valence-electron chi connectivity index (χ0n) is 11.1. The summed E-state index contributed by atoms with van der Waals surface area (Å²) < 4.78 is 5.67. The predicted octanol–water partition coefficient (Wildman–Crippen LogP) is 2.46. The molecule has 1 aliphatic rings. The van der Waals surface area contributed by atoms with E-state index in [1.54, 1.807) is 30.3 Å². The monoisotopic (exact) mass is 283 g/mol. The molecule has 0 fully saturated rings. The van der Waals surface area contributed by atoms with Crippen LogP contribution in [0.5, 0.6) is 5.75 Å². The lowest BCUT2D eigenvalue weighted by Gasteiger charge is -2.08. The third kappa shape index (κ3) is 2.86. The van der Waals surface area contributed by atoms with E-state index in [0.29, 0.717) is 18.8 Å². The van der Waals surface area contributed by atoms with Gasteiger partial charge < -0.3 is 15.2 Å². The lowest BCUT2D eigenvalue weighted by Crippen LogP contribution is -2.03. The molecule has 1 heterocycles. The quantitative estimate of drug-likeness (QED) is 0.903. The number of hydrogen-bond donors (Lipinski definition) is 2. The number of rotatable bonds is 4. The van der Waals surface area contributed by atoms with Crippen LogP contribution in [0.1, 0.15) is 21.5 Å². The Kier molecular flexibility index (Phi) is 3.31. The number of fused-ring (bicyclic) bond motifs is 1. The average molecular weight is 283 g/mol. The van der Waals surface area contributed by atoms with Gasteiger partial charge in [-0.15, -0.1) is 0 Å². The first-order chi connectivity index (χ1) is 10.1. The van der Waals surface area contributed by atoms with Crippen molar-refractivity contribution in [3.05, 3.63) is 59.2 Å². The summed E-state index contributed by atoms with van der Waals surface area (Å²) in [6.45, 7) is 0.347. The molecule has 0 unspecified atom stereocenters. The smallest absolute Gasteiger partial charge is 0.335 e. The van der Waals surface area contributed by atoms with Crippen LogP contribution in [-0.4, -0.2) is 17.0 Å². The van der Waals surface area contributed by atoms with Gasteiger partial charge in [0.25, 0.3) is 0 Å². The van der Waals surface area contributed by atoms with Gasteiger partial charge >= 0.3 is 5.97 Å². The number of carboxylic acid groups (broad SMARTS) is 1. The Bertz CT molecular complexity index is 707. The number of carbonyl (C=O) groups excluding carboxylic acids is 1. The number of anilines is 1. The van der Waals surface area contributed by atoms with Gasteiger partial charge in [-0.3, -0.25) is 4.79 Å². The van der Waals surface area contributed by atoms with E-state index in [1.807, 2.05) is 12.1 Å². The van der Waals surface area contributed by atoms with Crippen LogP contribution >= 0.6 is 0 Å². The number of hydrogen-bond acceptors (Lipinski definition) is 3. The van der Waals surface area contributed by atoms with Crippen molar-refractivity contribution in [1.29, 1.82) is 0 Å². The molecule has 1 amide bonds. The molecule has 21 heavy (non-hydrogen) atoms. The predicted molar refractivity (Wildman–Crippen MR) is 76.5 cm³/mol. The molecule has 5 heteroatoms. The molecule has 0 spiro atoms. The molecule has 2 N–H and O–H groups in total. The zero-order chi connectivity index (χ0) is 14.8. The highest BCUT2D eigenvalue weighted by atomic mass is 16.5.